The Bertz CT molecular complexity index is 774. The Balaban J connectivity index is 1.61. The molecule has 2 aromatic heterocycles. The number of pyridine rings is 1. The van der Waals surface area contributed by atoms with E-state index < -0.39 is 0 Å². The Labute approximate surface area is 175 Å². The highest BCUT2D eigenvalue weighted by Crippen LogP contribution is 2.24. The molecule has 7 nitrogen and oxygen atoms in total. The van der Waals surface area contributed by atoms with E-state index >= 15 is 0 Å². The summed E-state index contributed by atoms with van der Waals surface area (Å²) < 4.78 is 7.83. The zero-order valence-electron chi connectivity index (χ0n) is 18.7. The fourth-order valence-corrected chi connectivity index (χ4v) is 3.79. The maximum absolute atomic E-state index is 5.54. The van der Waals surface area contributed by atoms with Crippen LogP contribution < -0.4 is 14.5 Å². The monoisotopic (exact) mass is 400 g/mol. The Morgan fingerprint density at radius 1 is 1.00 bits per heavy atom. The minimum Gasteiger partial charge on any atom is -0.478 e. The first kappa shape index (κ1) is 21.4. The molecule has 0 saturated carbocycles. The molecule has 1 fully saturated rings. The van der Waals surface area contributed by atoms with Gasteiger partial charge in [-0.05, 0) is 38.2 Å². The molecule has 160 valence electrons. The maximum atomic E-state index is 5.54. The molecule has 0 amide bonds. The van der Waals surface area contributed by atoms with Crippen LogP contribution in [0.25, 0.3) is 0 Å². The lowest BCUT2D eigenvalue weighted by Gasteiger charge is -2.35. The van der Waals surface area contributed by atoms with Crippen LogP contribution in [0.5, 0.6) is 5.88 Å². The van der Waals surface area contributed by atoms with Gasteiger partial charge in [-0.2, -0.15) is 4.98 Å². The van der Waals surface area contributed by atoms with Gasteiger partial charge in [0.15, 0.2) is 0 Å². The van der Waals surface area contributed by atoms with E-state index in [2.05, 4.69) is 63.3 Å². The van der Waals surface area contributed by atoms with Gasteiger partial charge < -0.3 is 14.5 Å². The van der Waals surface area contributed by atoms with Gasteiger partial charge in [0.1, 0.15) is 11.6 Å². The summed E-state index contributed by atoms with van der Waals surface area (Å²) in [4.78, 5) is 9.30. The SMILES string of the molecule is CCOc1cccc(N2CCN(c3nnc(CCCC(C)(C)C)n3CC)CC2)n1. The third kappa shape index (κ3) is 5.61. The van der Waals surface area contributed by atoms with E-state index in [1.54, 1.807) is 0 Å². The van der Waals surface area contributed by atoms with E-state index in [9.17, 15) is 0 Å². The number of anilines is 2. The molecule has 2 aromatic rings. The number of rotatable bonds is 8. The Hall–Kier alpha value is -2.31. The lowest BCUT2D eigenvalue weighted by molar-refractivity contribution is 0.327. The number of hydrogen-bond acceptors (Lipinski definition) is 6. The van der Waals surface area contributed by atoms with E-state index in [0.29, 0.717) is 17.9 Å². The molecule has 3 heterocycles. The predicted molar refractivity (Wildman–Crippen MR) is 118 cm³/mol. The molecular weight excluding hydrogens is 364 g/mol. The van der Waals surface area contributed by atoms with Crippen LogP contribution in [0.15, 0.2) is 18.2 Å². The van der Waals surface area contributed by atoms with E-state index in [0.717, 1.165) is 63.2 Å². The van der Waals surface area contributed by atoms with Crippen molar-refractivity contribution in [3.8, 4) is 5.88 Å². The number of nitrogens with zero attached hydrogens (tertiary/aromatic N) is 6. The van der Waals surface area contributed by atoms with E-state index in [1.807, 2.05) is 19.1 Å². The summed E-state index contributed by atoms with van der Waals surface area (Å²) >= 11 is 0. The Morgan fingerprint density at radius 2 is 1.72 bits per heavy atom. The van der Waals surface area contributed by atoms with Gasteiger partial charge in [0.25, 0.3) is 0 Å². The molecule has 0 aliphatic carbocycles. The quantitative estimate of drug-likeness (QED) is 0.672. The molecule has 0 aromatic carbocycles. The van der Waals surface area contributed by atoms with Gasteiger partial charge in [0.05, 0.1) is 6.61 Å². The summed E-state index contributed by atoms with van der Waals surface area (Å²) in [5.41, 5.74) is 0.365. The van der Waals surface area contributed by atoms with Crippen molar-refractivity contribution in [3.05, 3.63) is 24.0 Å². The van der Waals surface area contributed by atoms with Gasteiger partial charge in [0, 0.05) is 45.2 Å². The molecule has 0 radical (unpaired) electrons. The van der Waals surface area contributed by atoms with Gasteiger partial charge in [-0.1, -0.05) is 26.8 Å². The number of aromatic nitrogens is 4. The molecule has 0 N–H and O–H groups in total. The Kier molecular flexibility index (Phi) is 6.98. The molecule has 0 unspecified atom stereocenters. The molecule has 3 rings (SSSR count). The zero-order valence-corrected chi connectivity index (χ0v) is 18.7. The topological polar surface area (TPSA) is 59.3 Å². The standard InChI is InChI=1S/C22H36N6O/c1-6-28-19(11-9-13-22(3,4)5)24-25-21(28)27-16-14-26(15-17-27)18-10-8-12-20(23-18)29-7-2/h8,10,12H,6-7,9,11,13-17H2,1-5H3. The van der Waals surface area contributed by atoms with Crippen molar-refractivity contribution < 1.29 is 4.74 Å². The van der Waals surface area contributed by atoms with Crippen LogP contribution in [-0.4, -0.2) is 52.5 Å². The van der Waals surface area contributed by atoms with Crippen molar-refractivity contribution in [1.82, 2.24) is 19.7 Å². The fourth-order valence-electron chi connectivity index (χ4n) is 3.79. The largest absolute Gasteiger partial charge is 0.478 e. The molecule has 1 aliphatic rings. The normalized spacial score (nSPS) is 15.1. The van der Waals surface area contributed by atoms with E-state index in [1.165, 1.54) is 6.42 Å². The van der Waals surface area contributed by atoms with Crippen molar-refractivity contribution in [2.24, 2.45) is 5.41 Å². The predicted octanol–water partition coefficient (Wildman–Crippen LogP) is 3.79. The molecule has 0 spiro atoms. The van der Waals surface area contributed by atoms with Crippen molar-refractivity contribution in [1.29, 1.82) is 0 Å². The molecule has 1 saturated heterocycles. The average molecular weight is 401 g/mol. The van der Waals surface area contributed by atoms with Crippen molar-refractivity contribution >= 4 is 11.8 Å². The molecular formula is C22H36N6O. The maximum Gasteiger partial charge on any atom is 0.227 e. The first-order chi connectivity index (χ1) is 13.9. The van der Waals surface area contributed by atoms with Gasteiger partial charge in [-0.25, -0.2) is 0 Å². The summed E-state index contributed by atoms with van der Waals surface area (Å²) in [6.07, 6.45) is 3.34. The second-order valence-electron chi connectivity index (χ2n) is 8.82. The van der Waals surface area contributed by atoms with Gasteiger partial charge in [-0.15, -0.1) is 10.2 Å². The van der Waals surface area contributed by atoms with Crippen LogP contribution >= 0.6 is 0 Å². The first-order valence-electron chi connectivity index (χ1n) is 10.9. The van der Waals surface area contributed by atoms with Crippen LogP contribution in [0.2, 0.25) is 0 Å². The van der Waals surface area contributed by atoms with Gasteiger partial charge >= 0.3 is 0 Å². The molecule has 1 aliphatic heterocycles. The summed E-state index contributed by atoms with van der Waals surface area (Å²) in [5, 5.41) is 9.07. The van der Waals surface area contributed by atoms with Crippen molar-refractivity contribution in [2.75, 3.05) is 42.6 Å². The summed E-state index contributed by atoms with van der Waals surface area (Å²) in [5.74, 6) is 3.79. The van der Waals surface area contributed by atoms with Crippen LogP contribution in [0.3, 0.4) is 0 Å². The summed E-state index contributed by atoms with van der Waals surface area (Å²) in [7, 11) is 0. The highest BCUT2D eigenvalue weighted by Gasteiger charge is 2.23. The lowest BCUT2D eigenvalue weighted by atomic mass is 9.90. The van der Waals surface area contributed by atoms with E-state index in [4.69, 9.17) is 4.74 Å². The first-order valence-corrected chi connectivity index (χ1v) is 10.9. The van der Waals surface area contributed by atoms with Crippen molar-refractivity contribution in [3.63, 3.8) is 0 Å². The molecule has 29 heavy (non-hydrogen) atoms. The smallest absolute Gasteiger partial charge is 0.227 e. The third-order valence-electron chi connectivity index (χ3n) is 5.34. The molecule has 0 bridgehead atoms. The highest BCUT2D eigenvalue weighted by molar-refractivity contribution is 5.44. The number of hydrogen-bond donors (Lipinski definition) is 0. The number of aryl methyl sites for hydroxylation is 1. The summed E-state index contributed by atoms with van der Waals surface area (Å²) in [6.45, 7) is 16.2. The highest BCUT2D eigenvalue weighted by atomic mass is 16.5. The lowest BCUT2D eigenvalue weighted by Crippen LogP contribution is -2.47. The van der Waals surface area contributed by atoms with Crippen LogP contribution in [0.4, 0.5) is 11.8 Å². The minimum absolute atomic E-state index is 0.365. The number of ether oxygens (including phenoxy) is 1. The number of piperazine rings is 1. The second kappa shape index (κ2) is 9.46. The van der Waals surface area contributed by atoms with Crippen LogP contribution in [0.1, 0.15) is 53.3 Å². The zero-order chi connectivity index (χ0) is 20.9. The summed E-state index contributed by atoms with van der Waals surface area (Å²) in [6, 6.07) is 5.98. The third-order valence-corrected chi connectivity index (χ3v) is 5.34. The van der Waals surface area contributed by atoms with Crippen LogP contribution in [0, 0.1) is 5.41 Å². The van der Waals surface area contributed by atoms with Gasteiger partial charge in [0.2, 0.25) is 11.8 Å². The van der Waals surface area contributed by atoms with E-state index in [-0.39, 0.29) is 0 Å². The Morgan fingerprint density at radius 3 is 2.38 bits per heavy atom. The molecule has 7 heteroatoms. The average Bonchev–Trinajstić information content (AvgIpc) is 3.10. The van der Waals surface area contributed by atoms with Gasteiger partial charge in [-0.3, -0.25) is 4.57 Å². The fraction of sp³-hybridized carbons (Fsp3) is 0.682. The minimum atomic E-state index is 0.365. The second-order valence-corrected chi connectivity index (χ2v) is 8.82. The van der Waals surface area contributed by atoms with Crippen molar-refractivity contribution in [2.45, 2.75) is 60.4 Å². The molecule has 0 atom stereocenters. The van der Waals surface area contributed by atoms with Crippen LogP contribution in [-0.2, 0) is 13.0 Å².